The van der Waals surface area contributed by atoms with Gasteiger partial charge in [0.1, 0.15) is 0 Å². The Kier molecular flexibility index (Phi) is 18.1. The Morgan fingerprint density at radius 1 is 1.29 bits per heavy atom. The van der Waals surface area contributed by atoms with E-state index < -0.39 is 23.3 Å². The maximum atomic E-state index is 10.2. The summed E-state index contributed by atoms with van der Waals surface area (Å²) in [5, 5.41) is 25.6. The van der Waals surface area contributed by atoms with Crippen LogP contribution in [0, 0.1) is 0 Å². The summed E-state index contributed by atoms with van der Waals surface area (Å²) in [6.45, 7) is 0. The number of carboxylic acids is 2. The van der Waals surface area contributed by atoms with Crippen LogP contribution < -0.4 is 0 Å². The first-order valence-corrected chi connectivity index (χ1v) is 5.67. The molecule has 1 unspecified atom stereocenters. The summed E-state index contributed by atoms with van der Waals surface area (Å²) >= 11 is 1.71. The summed E-state index contributed by atoms with van der Waals surface area (Å²) in [5.41, 5.74) is 0. The molecule has 0 radical (unpaired) electrons. The molecule has 0 aliphatic rings. The molecule has 0 aliphatic carbocycles. The second-order valence-electron chi connectivity index (χ2n) is 1.72. The van der Waals surface area contributed by atoms with Gasteiger partial charge in [0.05, 0.1) is 0 Å². The van der Waals surface area contributed by atoms with E-state index in [1.807, 2.05) is 0 Å². The molecule has 0 saturated carbocycles. The van der Waals surface area contributed by atoms with Crippen LogP contribution in [0.5, 0.6) is 0 Å². The van der Waals surface area contributed by atoms with Crippen molar-refractivity contribution in [2.75, 3.05) is 0 Å². The van der Waals surface area contributed by atoms with E-state index in [1.54, 1.807) is 19.7 Å². The van der Waals surface area contributed by atoms with Gasteiger partial charge in [0.25, 0.3) is 0 Å². The minimum absolute atomic E-state index is 0. The second-order valence-corrected chi connectivity index (χ2v) is 3.85. The van der Waals surface area contributed by atoms with E-state index in [9.17, 15) is 9.59 Å². The van der Waals surface area contributed by atoms with Crippen LogP contribution >= 0.6 is 9.23 Å². The molecule has 0 aliphatic heterocycles. The monoisotopic (exact) mass is 422 g/mol. The van der Waals surface area contributed by atoms with Gasteiger partial charge in [-0.1, -0.05) is 0 Å². The number of rotatable bonds is 4. The van der Waals surface area contributed by atoms with Gasteiger partial charge in [-0.3, -0.25) is 0 Å². The molecule has 14 heavy (non-hydrogen) atoms. The number of hydrogen-bond acceptors (Lipinski definition) is 4. The first kappa shape index (κ1) is 24.2. The molecule has 7 nitrogen and oxygen atoms in total. The Morgan fingerprint density at radius 2 is 1.64 bits per heavy atom. The van der Waals surface area contributed by atoms with E-state index in [-0.39, 0.29) is 40.5 Å². The van der Waals surface area contributed by atoms with Crippen molar-refractivity contribution in [1.82, 2.24) is 0 Å². The predicted molar refractivity (Wildman–Crippen MR) is 46.8 cm³/mol. The topological polar surface area (TPSA) is 158 Å². The van der Waals surface area contributed by atoms with E-state index >= 15 is 0 Å². The summed E-state index contributed by atoms with van der Waals surface area (Å²) < 4.78 is 0. The minimum atomic E-state index is -2.23. The third kappa shape index (κ3) is 8.24. The first-order valence-electron chi connectivity index (χ1n) is 2.36. The van der Waals surface area contributed by atoms with Crippen molar-refractivity contribution >= 4 is 50.7 Å². The number of aliphatic hydroxyl groups is 1. The van der Waals surface area contributed by atoms with E-state index in [0.29, 0.717) is 9.23 Å². The third-order valence-corrected chi connectivity index (χ3v) is 3.54. The molecular formula is C4H10AuNaO7S. The normalized spacial score (nSPS) is 12.2. The average Bonchev–Trinajstić information content (AvgIpc) is 1.86. The van der Waals surface area contributed by atoms with Crippen LogP contribution in [0.1, 0.15) is 6.42 Å². The van der Waals surface area contributed by atoms with Crippen LogP contribution in [0.25, 0.3) is 0 Å². The quantitative estimate of drug-likeness (QED) is 0.327. The summed E-state index contributed by atoms with van der Waals surface area (Å²) in [7, 11) is 0.528. The van der Waals surface area contributed by atoms with Crippen LogP contribution in [-0.4, -0.2) is 72.7 Å². The van der Waals surface area contributed by atoms with Crippen molar-refractivity contribution in [3.8, 4) is 0 Å². The predicted octanol–water partition coefficient (Wildman–Crippen LogP) is -2.87. The Hall–Kier alpha value is 0.910. The average molecular weight is 422 g/mol. The summed E-state index contributed by atoms with van der Waals surface area (Å²) in [6, 6.07) is 0. The van der Waals surface area contributed by atoms with Crippen molar-refractivity contribution in [2.45, 2.75) is 11.4 Å². The number of carbonyl (C=O) groups is 2. The van der Waals surface area contributed by atoms with Crippen LogP contribution in [0.2, 0.25) is 0 Å². The van der Waals surface area contributed by atoms with Gasteiger partial charge in [-0.25, -0.2) is 0 Å². The van der Waals surface area contributed by atoms with Gasteiger partial charge < -0.3 is 11.0 Å². The van der Waals surface area contributed by atoms with Crippen molar-refractivity contribution < 1.29 is 55.6 Å². The second kappa shape index (κ2) is 10.4. The Bertz CT molecular complexity index is 191. The number of hydrogen-bond donors (Lipinski definition) is 3. The van der Waals surface area contributed by atoms with Gasteiger partial charge in [0.2, 0.25) is 0 Å². The molecule has 0 amide bonds. The van der Waals surface area contributed by atoms with Gasteiger partial charge in [0.15, 0.2) is 0 Å². The molecule has 0 rings (SSSR count). The van der Waals surface area contributed by atoms with E-state index in [1.165, 1.54) is 0 Å². The zero-order valence-corrected chi connectivity index (χ0v) is 9.06. The SMILES string of the molecule is O.O.O=C(O)CC(O)([S][Au])C(=O)O.[NaH]. The van der Waals surface area contributed by atoms with Crippen LogP contribution in [0.3, 0.4) is 0 Å². The summed E-state index contributed by atoms with van der Waals surface area (Å²) in [6.07, 6.45) is -0.816. The molecule has 10 heteroatoms. The molecule has 7 N–H and O–H groups in total. The summed E-state index contributed by atoms with van der Waals surface area (Å²) in [4.78, 5) is 18.1. The zero-order chi connectivity index (χ0) is 9.07. The van der Waals surface area contributed by atoms with Gasteiger partial charge in [-0.05, 0) is 0 Å². The Morgan fingerprint density at radius 3 is 1.71 bits per heavy atom. The van der Waals surface area contributed by atoms with Crippen LogP contribution in [-0.2, 0) is 29.3 Å². The molecule has 0 aromatic rings. The molecule has 0 aromatic heterocycles. The number of aliphatic carboxylic acids is 2. The first-order chi connectivity index (χ1) is 4.92. The molecule has 0 spiro atoms. The molecular weight excluding hydrogens is 412 g/mol. The Labute approximate surface area is 117 Å². The van der Waals surface area contributed by atoms with Gasteiger partial charge in [-0.15, -0.1) is 0 Å². The number of carboxylic acid groups (broad SMARTS) is 2. The van der Waals surface area contributed by atoms with Gasteiger partial charge >= 0.3 is 107 Å². The van der Waals surface area contributed by atoms with Crippen molar-refractivity contribution in [3.05, 3.63) is 0 Å². The fourth-order valence-corrected chi connectivity index (χ4v) is 1.58. The van der Waals surface area contributed by atoms with E-state index in [0.717, 1.165) is 0 Å². The van der Waals surface area contributed by atoms with Crippen LogP contribution in [0.15, 0.2) is 0 Å². The molecule has 0 heterocycles. The standard InChI is InChI=1S/C4H6O5S.Au.Na.2H2O.H/c5-2(6)1-4(9,10)3(7)8;;;;;/h9-10H,1H2,(H,5,6)(H,7,8);;;2*1H2;/q;+1;;;;/p-1. The molecule has 0 aromatic carbocycles. The molecule has 1 atom stereocenters. The molecule has 0 bridgehead atoms. The molecule has 0 fully saturated rings. The van der Waals surface area contributed by atoms with Crippen molar-refractivity contribution in [3.63, 3.8) is 0 Å². The van der Waals surface area contributed by atoms with E-state index in [4.69, 9.17) is 15.3 Å². The molecule has 0 saturated heterocycles. The zero-order valence-electron chi connectivity index (χ0n) is 6.08. The fraction of sp³-hybridized carbons (Fsp3) is 0.500. The van der Waals surface area contributed by atoms with Gasteiger partial charge in [0, 0.05) is 0 Å². The van der Waals surface area contributed by atoms with Crippen molar-refractivity contribution in [1.29, 1.82) is 0 Å². The fourth-order valence-electron chi connectivity index (χ4n) is 0.329. The van der Waals surface area contributed by atoms with Crippen LogP contribution in [0.4, 0.5) is 0 Å². The molecule has 86 valence electrons. The Balaban J connectivity index is -0.000000167. The van der Waals surface area contributed by atoms with E-state index in [2.05, 4.69) is 0 Å². The maximum absolute atomic E-state index is 10.2. The van der Waals surface area contributed by atoms with Gasteiger partial charge in [-0.2, -0.15) is 0 Å². The summed E-state index contributed by atoms with van der Waals surface area (Å²) in [5.74, 6) is -2.90. The van der Waals surface area contributed by atoms with Crippen molar-refractivity contribution in [2.24, 2.45) is 0 Å². The third-order valence-electron chi connectivity index (χ3n) is 0.827.